The van der Waals surface area contributed by atoms with E-state index in [2.05, 4.69) is 15.2 Å². The van der Waals surface area contributed by atoms with E-state index in [-0.39, 0.29) is 30.0 Å². The van der Waals surface area contributed by atoms with Crippen LogP contribution in [0.2, 0.25) is 0 Å². The van der Waals surface area contributed by atoms with E-state index in [1.807, 2.05) is 54.6 Å². The summed E-state index contributed by atoms with van der Waals surface area (Å²) in [4.78, 5) is 29.1. The van der Waals surface area contributed by atoms with Gasteiger partial charge in [-0.25, -0.2) is 0 Å². The average Bonchev–Trinajstić information content (AvgIpc) is 2.74. The summed E-state index contributed by atoms with van der Waals surface area (Å²) < 4.78 is 5.32. The van der Waals surface area contributed by atoms with Crippen LogP contribution in [0.3, 0.4) is 0 Å². The standard InChI is InChI=1S/C22H24N4O3/c1-26(15-16-8-4-3-5-9-16)21(27)13-12-18-22(28)23-20(25-24-18)14-17-10-6-7-11-19(17)29-2/h3-11H,12-15H2,1-2H3,(H,23,25,28). The topological polar surface area (TPSA) is 88.2 Å². The van der Waals surface area contributed by atoms with Crippen molar-refractivity contribution in [3.63, 3.8) is 0 Å². The van der Waals surface area contributed by atoms with Crippen molar-refractivity contribution in [2.45, 2.75) is 25.8 Å². The molecule has 7 nitrogen and oxygen atoms in total. The molecular weight excluding hydrogens is 368 g/mol. The number of hydrogen-bond donors (Lipinski definition) is 1. The third-order valence-corrected chi connectivity index (χ3v) is 4.63. The van der Waals surface area contributed by atoms with Gasteiger partial charge in [0.15, 0.2) is 0 Å². The molecule has 0 unspecified atom stereocenters. The number of hydrogen-bond acceptors (Lipinski definition) is 5. The van der Waals surface area contributed by atoms with E-state index >= 15 is 0 Å². The van der Waals surface area contributed by atoms with Gasteiger partial charge < -0.3 is 14.6 Å². The number of nitrogens with zero attached hydrogens (tertiary/aromatic N) is 3. The van der Waals surface area contributed by atoms with Crippen LogP contribution >= 0.6 is 0 Å². The monoisotopic (exact) mass is 392 g/mol. The molecule has 0 aliphatic heterocycles. The van der Waals surface area contributed by atoms with Crippen LogP contribution in [0.25, 0.3) is 0 Å². The highest BCUT2D eigenvalue weighted by atomic mass is 16.5. The highest BCUT2D eigenvalue weighted by Gasteiger charge is 2.13. The van der Waals surface area contributed by atoms with E-state index in [1.165, 1.54) is 0 Å². The average molecular weight is 392 g/mol. The van der Waals surface area contributed by atoms with Crippen LogP contribution < -0.4 is 10.3 Å². The molecular formula is C22H24N4O3. The Morgan fingerprint density at radius 1 is 1.07 bits per heavy atom. The van der Waals surface area contributed by atoms with Crippen LogP contribution in [-0.4, -0.2) is 40.1 Å². The molecule has 0 bridgehead atoms. The van der Waals surface area contributed by atoms with Gasteiger partial charge in [-0.05, 0) is 11.6 Å². The normalized spacial score (nSPS) is 10.6. The van der Waals surface area contributed by atoms with E-state index in [0.29, 0.717) is 18.8 Å². The summed E-state index contributed by atoms with van der Waals surface area (Å²) in [6.07, 6.45) is 0.855. The van der Waals surface area contributed by atoms with E-state index < -0.39 is 0 Å². The van der Waals surface area contributed by atoms with E-state index in [1.54, 1.807) is 19.1 Å². The first kappa shape index (κ1) is 20.3. The molecule has 0 aliphatic carbocycles. The van der Waals surface area contributed by atoms with Crippen LogP contribution in [-0.2, 0) is 24.2 Å². The third-order valence-electron chi connectivity index (χ3n) is 4.63. The molecule has 29 heavy (non-hydrogen) atoms. The number of aromatic nitrogens is 3. The third kappa shape index (κ3) is 5.51. The van der Waals surface area contributed by atoms with Crippen molar-refractivity contribution >= 4 is 5.91 Å². The minimum Gasteiger partial charge on any atom is -0.496 e. The lowest BCUT2D eigenvalue weighted by atomic mass is 10.1. The number of aromatic amines is 1. The zero-order valence-corrected chi connectivity index (χ0v) is 16.6. The van der Waals surface area contributed by atoms with Gasteiger partial charge in [-0.2, -0.15) is 0 Å². The summed E-state index contributed by atoms with van der Waals surface area (Å²) >= 11 is 0. The van der Waals surface area contributed by atoms with Crippen LogP contribution in [0.15, 0.2) is 59.4 Å². The second-order valence-electron chi connectivity index (χ2n) is 6.77. The van der Waals surface area contributed by atoms with Gasteiger partial charge in [0.2, 0.25) is 5.91 Å². The fourth-order valence-corrected chi connectivity index (χ4v) is 3.03. The molecule has 0 spiro atoms. The quantitative estimate of drug-likeness (QED) is 0.636. The van der Waals surface area contributed by atoms with Gasteiger partial charge in [-0.15, -0.1) is 10.2 Å². The largest absolute Gasteiger partial charge is 0.496 e. The first-order valence-corrected chi connectivity index (χ1v) is 9.41. The Morgan fingerprint density at radius 2 is 1.79 bits per heavy atom. The van der Waals surface area contributed by atoms with E-state index in [9.17, 15) is 9.59 Å². The summed E-state index contributed by atoms with van der Waals surface area (Å²) in [6.45, 7) is 0.527. The molecule has 3 aromatic rings. The summed E-state index contributed by atoms with van der Waals surface area (Å²) in [5.41, 5.74) is 1.91. The number of methoxy groups -OCH3 is 1. The Labute approximate surface area is 169 Å². The first-order valence-electron chi connectivity index (χ1n) is 9.41. The van der Waals surface area contributed by atoms with Gasteiger partial charge in [0.1, 0.15) is 17.3 Å². The molecule has 1 aromatic heterocycles. The molecule has 0 saturated carbocycles. The summed E-state index contributed by atoms with van der Waals surface area (Å²) in [5, 5.41) is 8.15. The maximum atomic E-state index is 12.4. The van der Waals surface area contributed by atoms with E-state index in [0.717, 1.165) is 16.9 Å². The molecule has 1 heterocycles. The van der Waals surface area contributed by atoms with Crippen LogP contribution in [0, 0.1) is 0 Å². The number of rotatable bonds is 8. The van der Waals surface area contributed by atoms with Crippen molar-refractivity contribution in [2.75, 3.05) is 14.2 Å². The number of benzene rings is 2. The summed E-state index contributed by atoms with van der Waals surface area (Å²) in [5.74, 6) is 1.13. The zero-order valence-electron chi connectivity index (χ0n) is 16.6. The van der Waals surface area contributed by atoms with Crippen molar-refractivity contribution in [3.8, 4) is 5.75 Å². The molecule has 0 atom stereocenters. The second-order valence-corrected chi connectivity index (χ2v) is 6.77. The zero-order chi connectivity index (χ0) is 20.6. The van der Waals surface area contributed by atoms with Crippen LogP contribution in [0.4, 0.5) is 0 Å². The Morgan fingerprint density at radius 3 is 2.52 bits per heavy atom. The molecule has 1 N–H and O–H groups in total. The van der Waals surface area contributed by atoms with Gasteiger partial charge in [-0.3, -0.25) is 9.59 Å². The molecule has 0 saturated heterocycles. The first-order chi connectivity index (χ1) is 14.1. The molecule has 1 amide bonds. The lowest BCUT2D eigenvalue weighted by Crippen LogP contribution is -2.28. The van der Waals surface area contributed by atoms with Gasteiger partial charge in [0.05, 0.1) is 7.11 Å². The molecule has 150 valence electrons. The minimum atomic E-state index is -0.316. The predicted molar refractivity (Wildman–Crippen MR) is 110 cm³/mol. The van der Waals surface area contributed by atoms with Gasteiger partial charge in [0, 0.05) is 38.4 Å². The SMILES string of the molecule is COc1ccccc1Cc1nnc(CCC(=O)N(C)Cc2ccccc2)c(=O)[nH]1. The predicted octanol–water partition coefficient (Wildman–Crippen LogP) is 2.36. The Kier molecular flexibility index (Phi) is 6.73. The lowest BCUT2D eigenvalue weighted by molar-refractivity contribution is -0.130. The van der Waals surface area contributed by atoms with Crippen molar-refractivity contribution in [1.82, 2.24) is 20.1 Å². The van der Waals surface area contributed by atoms with Gasteiger partial charge in [-0.1, -0.05) is 48.5 Å². The highest BCUT2D eigenvalue weighted by Crippen LogP contribution is 2.19. The fourth-order valence-electron chi connectivity index (χ4n) is 3.03. The summed E-state index contributed by atoms with van der Waals surface area (Å²) in [7, 11) is 3.35. The minimum absolute atomic E-state index is 0.0480. The number of carbonyl (C=O) groups excluding carboxylic acids is 1. The highest BCUT2D eigenvalue weighted by molar-refractivity contribution is 5.76. The second kappa shape index (κ2) is 9.64. The van der Waals surface area contributed by atoms with Crippen LogP contribution in [0.1, 0.15) is 29.1 Å². The number of nitrogens with one attached hydrogen (secondary N) is 1. The number of carbonyl (C=O) groups is 1. The molecule has 0 aliphatic rings. The Balaban J connectivity index is 1.59. The van der Waals surface area contributed by atoms with Crippen molar-refractivity contribution < 1.29 is 9.53 Å². The smallest absolute Gasteiger partial charge is 0.272 e. The molecule has 0 radical (unpaired) electrons. The van der Waals surface area contributed by atoms with E-state index in [4.69, 9.17) is 4.74 Å². The molecule has 0 fully saturated rings. The number of H-pyrrole nitrogens is 1. The Hall–Kier alpha value is -3.48. The summed E-state index contributed by atoms with van der Waals surface area (Å²) in [6, 6.07) is 17.3. The van der Waals surface area contributed by atoms with Crippen molar-refractivity contribution in [3.05, 3.63) is 87.6 Å². The fraction of sp³-hybridized carbons (Fsp3) is 0.273. The molecule has 7 heteroatoms. The number of para-hydroxylation sites is 1. The number of aryl methyl sites for hydroxylation is 1. The van der Waals surface area contributed by atoms with Gasteiger partial charge in [0.25, 0.3) is 5.56 Å². The Bertz CT molecular complexity index is 1020. The number of amides is 1. The maximum absolute atomic E-state index is 12.4. The molecule has 2 aromatic carbocycles. The van der Waals surface area contributed by atoms with Gasteiger partial charge >= 0.3 is 0 Å². The van der Waals surface area contributed by atoms with Crippen LogP contribution in [0.5, 0.6) is 5.75 Å². The molecule has 3 rings (SSSR count). The number of ether oxygens (including phenoxy) is 1. The van der Waals surface area contributed by atoms with Crippen molar-refractivity contribution in [2.24, 2.45) is 0 Å². The lowest BCUT2D eigenvalue weighted by Gasteiger charge is -2.17. The maximum Gasteiger partial charge on any atom is 0.272 e. The van der Waals surface area contributed by atoms with Crippen molar-refractivity contribution in [1.29, 1.82) is 0 Å².